The van der Waals surface area contributed by atoms with E-state index in [0.717, 1.165) is 12.2 Å². The Kier molecular flexibility index (Phi) is 7.58. The summed E-state index contributed by atoms with van der Waals surface area (Å²) in [6.07, 6.45) is 2.13. The highest BCUT2D eigenvalue weighted by molar-refractivity contribution is 7.90. The number of hydrogen-bond acceptors (Lipinski definition) is 5. The van der Waals surface area contributed by atoms with Crippen LogP contribution in [0.25, 0.3) is 0 Å². The second-order valence-electron chi connectivity index (χ2n) is 4.62. The largest absolute Gasteiger partial charge is 0.492 e. The first-order valence-corrected chi connectivity index (χ1v) is 8.66. The molecule has 0 unspecified atom stereocenters. The Morgan fingerprint density at radius 3 is 2.40 bits per heavy atom. The van der Waals surface area contributed by atoms with Crippen molar-refractivity contribution in [1.29, 1.82) is 0 Å². The summed E-state index contributed by atoms with van der Waals surface area (Å²) in [6.45, 7) is 2.31. The van der Waals surface area contributed by atoms with E-state index < -0.39 is 9.84 Å². The second-order valence-corrected chi connectivity index (χ2v) is 6.87. The first-order valence-electron chi connectivity index (χ1n) is 6.60. The van der Waals surface area contributed by atoms with Crippen LogP contribution in [-0.2, 0) is 21.0 Å². The lowest BCUT2D eigenvalue weighted by atomic mass is 10.1. The lowest BCUT2D eigenvalue weighted by Crippen LogP contribution is -2.26. The molecule has 5 nitrogen and oxygen atoms in total. The van der Waals surface area contributed by atoms with Crippen molar-refractivity contribution in [2.24, 2.45) is 0 Å². The van der Waals surface area contributed by atoms with Crippen LogP contribution < -0.4 is 10.1 Å². The highest BCUT2D eigenvalue weighted by Crippen LogP contribution is 2.12. The number of methoxy groups -OCH3 is 1. The van der Waals surface area contributed by atoms with Crippen molar-refractivity contribution in [3.63, 3.8) is 0 Å². The van der Waals surface area contributed by atoms with Crippen molar-refractivity contribution in [2.75, 3.05) is 45.4 Å². The summed E-state index contributed by atoms with van der Waals surface area (Å²) >= 11 is 0. The zero-order chi connectivity index (χ0) is 14.8. The average Bonchev–Trinajstić information content (AvgIpc) is 2.40. The standard InChI is InChI=1S/C14H23NO4S/c1-18-10-7-13-3-5-14(6-4-13)19-11-8-15-9-12-20(2,16)17/h3-6,15H,7-12H2,1-2H3. The van der Waals surface area contributed by atoms with Gasteiger partial charge in [-0.15, -0.1) is 0 Å². The number of hydrogen-bond donors (Lipinski definition) is 1. The SMILES string of the molecule is COCCc1ccc(OCCNCCS(C)(=O)=O)cc1. The molecule has 0 amide bonds. The molecule has 0 aliphatic heterocycles. The van der Waals surface area contributed by atoms with Crippen LogP contribution in [0.5, 0.6) is 5.75 Å². The molecule has 0 radical (unpaired) electrons. The van der Waals surface area contributed by atoms with E-state index in [-0.39, 0.29) is 5.75 Å². The molecule has 1 N–H and O–H groups in total. The summed E-state index contributed by atoms with van der Waals surface area (Å²) in [7, 11) is -1.20. The molecule has 0 spiro atoms. The van der Waals surface area contributed by atoms with Crippen LogP contribution in [0.4, 0.5) is 0 Å². The molecule has 1 aromatic rings. The molecule has 20 heavy (non-hydrogen) atoms. The van der Waals surface area contributed by atoms with Crippen LogP contribution in [-0.4, -0.2) is 53.8 Å². The Hall–Kier alpha value is -1.11. The maximum Gasteiger partial charge on any atom is 0.148 e. The molecule has 0 aromatic heterocycles. The molecule has 0 fully saturated rings. The maximum atomic E-state index is 10.9. The Morgan fingerprint density at radius 1 is 1.10 bits per heavy atom. The van der Waals surface area contributed by atoms with E-state index in [1.807, 2.05) is 24.3 Å². The van der Waals surface area contributed by atoms with Crippen molar-refractivity contribution in [3.8, 4) is 5.75 Å². The third kappa shape index (κ3) is 8.14. The molecule has 114 valence electrons. The zero-order valence-corrected chi connectivity index (χ0v) is 12.9. The molecule has 6 heteroatoms. The van der Waals surface area contributed by atoms with E-state index in [2.05, 4.69) is 5.32 Å². The van der Waals surface area contributed by atoms with E-state index in [1.165, 1.54) is 11.8 Å². The average molecular weight is 301 g/mol. The van der Waals surface area contributed by atoms with Gasteiger partial charge in [0.2, 0.25) is 0 Å². The first kappa shape index (κ1) is 16.9. The lowest BCUT2D eigenvalue weighted by Gasteiger charge is -2.08. The summed E-state index contributed by atoms with van der Waals surface area (Å²) in [4.78, 5) is 0. The van der Waals surface area contributed by atoms with E-state index in [0.29, 0.717) is 26.3 Å². The van der Waals surface area contributed by atoms with Crippen LogP contribution in [0.2, 0.25) is 0 Å². The van der Waals surface area contributed by atoms with E-state index >= 15 is 0 Å². The molecular weight excluding hydrogens is 278 g/mol. The van der Waals surface area contributed by atoms with Gasteiger partial charge < -0.3 is 14.8 Å². The predicted octanol–water partition coefficient (Wildman–Crippen LogP) is 0.889. The van der Waals surface area contributed by atoms with E-state index in [4.69, 9.17) is 9.47 Å². The fourth-order valence-electron chi connectivity index (χ4n) is 1.60. The highest BCUT2D eigenvalue weighted by atomic mass is 32.2. The summed E-state index contributed by atoms with van der Waals surface area (Å²) < 4.78 is 32.4. The van der Waals surface area contributed by atoms with Crippen molar-refractivity contribution in [3.05, 3.63) is 29.8 Å². The third-order valence-electron chi connectivity index (χ3n) is 2.72. The quantitative estimate of drug-likeness (QED) is 0.650. The van der Waals surface area contributed by atoms with Gasteiger partial charge in [0.05, 0.1) is 12.4 Å². The minimum absolute atomic E-state index is 0.154. The van der Waals surface area contributed by atoms with E-state index in [9.17, 15) is 8.42 Å². The van der Waals surface area contributed by atoms with Crippen LogP contribution >= 0.6 is 0 Å². The van der Waals surface area contributed by atoms with Crippen molar-refractivity contribution < 1.29 is 17.9 Å². The minimum atomic E-state index is -2.89. The normalized spacial score (nSPS) is 11.5. The number of sulfone groups is 1. The molecule has 0 aliphatic carbocycles. The van der Waals surface area contributed by atoms with Gasteiger partial charge in [-0.1, -0.05) is 12.1 Å². The first-order chi connectivity index (χ1) is 9.51. The fraction of sp³-hybridized carbons (Fsp3) is 0.571. The Balaban J connectivity index is 2.16. The van der Waals surface area contributed by atoms with E-state index in [1.54, 1.807) is 7.11 Å². The number of ether oxygens (including phenoxy) is 2. The summed E-state index contributed by atoms with van der Waals surface area (Å²) in [5.74, 6) is 0.970. The van der Waals surface area contributed by atoms with Crippen LogP contribution in [0.3, 0.4) is 0 Å². The Bertz CT molecular complexity index is 470. The van der Waals surface area contributed by atoms with Gasteiger partial charge >= 0.3 is 0 Å². The number of benzene rings is 1. The zero-order valence-electron chi connectivity index (χ0n) is 12.1. The van der Waals surface area contributed by atoms with Crippen LogP contribution in [0, 0.1) is 0 Å². The van der Waals surface area contributed by atoms with Gasteiger partial charge in [-0.3, -0.25) is 0 Å². The molecule has 0 bridgehead atoms. The maximum absolute atomic E-state index is 10.9. The van der Waals surface area contributed by atoms with Gasteiger partial charge in [-0.25, -0.2) is 8.42 Å². The third-order valence-corrected chi connectivity index (χ3v) is 3.66. The van der Waals surface area contributed by atoms with Crippen LogP contribution in [0.1, 0.15) is 5.56 Å². The topological polar surface area (TPSA) is 64.6 Å². The summed E-state index contributed by atoms with van der Waals surface area (Å²) in [5.41, 5.74) is 1.21. The van der Waals surface area contributed by atoms with Gasteiger partial charge in [0.15, 0.2) is 0 Å². The van der Waals surface area contributed by atoms with Crippen molar-refractivity contribution in [1.82, 2.24) is 5.32 Å². The van der Waals surface area contributed by atoms with Gasteiger partial charge in [-0.2, -0.15) is 0 Å². The highest BCUT2D eigenvalue weighted by Gasteiger charge is 2.00. The molecule has 0 atom stereocenters. The van der Waals surface area contributed by atoms with Gasteiger partial charge in [0.25, 0.3) is 0 Å². The van der Waals surface area contributed by atoms with Gasteiger partial charge in [-0.05, 0) is 24.1 Å². The fourth-order valence-corrected chi connectivity index (χ4v) is 2.11. The monoisotopic (exact) mass is 301 g/mol. The minimum Gasteiger partial charge on any atom is -0.492 e. The number of rotatable bonds is 10. The van der Waals surface area contributed by atoms with Gasteiger partial charge in [0.1, 0.15) is 22.2 Å². The predicted molar refractivity (Wildman–Crippen MR) is 80.1 cm³/mol. The second kappa shape index (κ2) is 8.94. The Labute approximate surface area is 121 Å². The molecule has 0 saturated heterocycles. The van der Waals surface area contributed by atoms with Gasteiger partial charge in [0, 0.05) is 26.5 Å². The van der Waals surface area contributed by atoms with Crippen molar-refractivity contribution >= 4 is 9.84 Å². The lowest BCUT2D eigenvalue weighted by molar-refractivity contribution is 0.202. The molecule has 0 saturated carbocycles. The molecule has 1 rings (SSSR count). The number of nitrogens with one attached hydrogen (secondary N) is 1. The summed E-state index contributed by atoms with van der Waals surface area (Å²) in [6, 6.07) is 7.90. The summed E-state index contributed by atoms with van der Waals surface area (Å²) in [5, 5.41) is 3.03. The molecule has 0 aliphatic rings. The molecule has 1 aromatic carbocycles. The smallest absolute Gasteiger partial charge is 0.148 e. The Morgan fingerprint density at radius 2 is 1.80 bits per heavy atom. The van der Waals surface area contributed by atoms with Crippen molar-refractivity contribution in [2.45, 2.75) is 6.42 Å². The molecule has 0 heterocycles. The van der Waals surface area contributed by atoms with Crippen LogP contribution in [0.15, 0.2) is 24.3 Å². The molecular formula is C14H23NO4S.